The van der Waals surface area contributed by atoms with E-state index in [2.05, 4.69) is 29.5 Å². The monoisotopic (exact) mass is 355 g/mol. The van der Waals surface area contributed by atoms with Crippen LogP contribution in [0.3, 0.4) is 0 Å². The van der Waals surface area contributed by atoms with E-state index in [4.69, 9.17) is 22.1 Å². The molecule has 1 rings (SSSR count). The van der Waals surface area contributed by atoms with Crippen LogP contribution in [0, 0.1) is 3.57 Å². The Kier molecular flexibility index (Phi) is 9.92. The van der Waals surface area contributed by atoms with Gasteiger partial charge in [0.05, 0.1) is 7.11 Å². The van der Waals surface area contributed by atoms with Crippen molar-refractivity contribution in [2.75, 3.05) is 18.7 Å². The van der Waals surface area contributed by atoms with Crippen molar-refractivity contribution in [3.05, 3.63) is 21.8 Å². The first-order chi connectivity index (χ1) is 7.65. The van der Waals surface area contributed by atoms with Crippen molar-refractivity contribution in [2.24, 2.45) is 0 Å². The van der Waals surface area contributed by atoms with E-state index in [1.54, 1.807) is 7.11 Å². The molecular formula is C12H19ClINO. The van der Waals surface area contributed by atoms with Gasteiger partial charge in [-0.3, -0.25) is 0 Å². The highest BCUT2D eigenvalue weighted by molar-refractivity contribution is 14.1. The van der Waals surface area contributed by atoms with Crippen LogP contribution < -0.4 is 10.5 Å². The van der Waals surface area contributed by atoms with Crippen LogP contribution in [0.5, 0.6) is 5.75 Å². The number of halogens is 2. The maximum atomic E-state index is 5.58. The summed E-state index contributed by atoms with van der Waals surface area (Å²) in [5.41, 5.74) is 6.37. The number of unbranched alkanes of at least 4 members (excludes halogenated alkanes) is 2. The van der Waals surface area contributed by atoms with Gasteiger partial charge in [-0.2, -0.15) is 0 Å². The third-order valence-corrected chi connectivity index (χ3v) is 3.15. The highest BCUT2D eigenvalue weighted by Crippen LogP contribution is 2.20. The standard InChI is InChI=1S/C7H8INO.C5H11Cl/c1-10-5-2-3-7(9)6(8)4-5;1-2-3-4-5-6/h2-4H,9H2,1H3;2-5H2,1H3. The lowest BCUT2D eigenvalue weighted by Gasteiger charge is -2.01. The number of methoxy groups -OCH3 is 1. The van der Waals surface area contributed by atoms with Gasteiger partial charge in [-0.05, 0) is 47.2 Å². The molecule has 16 heavy (non-hydrogen) atoms. The van der Waals surface area contributed by atoms with E-state index in [9.17, 15) is 0 Å². The molecule has 1 aromatic rings. The molecule has 0 bridgehead atoms. The maximum Gasteiger partial charge on any atom is 0.120 e. The van der Waals surface area contributed by atoms with Gasteiger partial charge in [0.25, 0.3) is 0 Å². The molecule has 0 radical (unpaired) electrons. The normalized spacial score (nSPS) is 9.25. The second-order valence-electron chi connectivity index (χ2n) is 3.28. The molecule has 4 heteroatoms. The van der Waals surface area contributed by atoms with E-state index in [1.165, 1.54) is 19.3 Å². The van der Waals surface area contributed by atoms with Crippen LogP contribution in [0.1, 0.15) is 26.2 Å². The molecule has 0 saturated heterocycles. The van der Waals surface area contributed by atoms with E-state index in [0.717, 1.165) is 20.9 Å². The molecule has 92 valence electrons. The molecule has 0 aliphatic rings. The minimum absolute atomic E-state index is 0.793. The van der Waals surface area contributed by atoms with Crippen LogP contribution in [-0.4, -0.2) is 13.0 Å². The predicted octanol–water partition coefficient (Wildman–Crippen LogP) is 4.30. The number of nitrogen functional groups attached to an aromatic ring is 1. The summed E-state index contributed by atoms with van der Waals surface area (Å²) >= 11 is 7.55. The Morgan fingerprint density at radius 1 is 1.38 bits per heavy atom. The Hall–Kier alpha value is -0.160. The van der Waals surface area contributed by atoms with Gasteiger partial charge in [0.15, 0.2) is 0 Å². The molecule has 0 fully saturated rings. The maximum absolute atomic E-state index is 5.58. The molecule has 2 N–H and O–H groups in total. The fraction of sp³-hybridized carbons (Fsp3) is 0.500. The number of hydrogen-bond acceptors (Lipinski definition) is 2. The highest BCUT2D eigenvalue weighted by atomic mass is 127. The Labute approximate surface area is 117 Å². The van der Waals surface area contributed by atoms with Crippen LogP contribution >= 0.6 is 34.2 Å². The van der Waals surface area contributed by atoms with Crippen LogP contribution in [-0.2, 0) is 0 Å². The largest absolute Gasteiger partial charge is 0.497 e. The zero-order chi connectivity index (χ0) is 12.4. The molecule has 0 aliphatic heterocycles. The van der Waals surface area contributed by atoms with E-state index < -0.39 is 0 Å². The summed E-state index contributed by atoms with van der Waals surface area (Å²) in [5.74, 6) is 1.67. The van der Waals surface area contributed by atoms with Gasteiger partial charge in [0.2, 0.25) is 0 Å². The summed E-state index contributed by atoms with van der Waals surface area (Å²) in [6.45, 7) is 2.17. The number of anilines is 1. The van der Waals surface area contributed by atoms with E-state index in [1.807, 2.05) is 18.2 Å². The first-order valence-electron chi connectivity index (χ1n) is 5.30. The Morgan fingerprint density at radius 3 is 2.44 bits per heavy atom. The summed E-state index contributed by atoms with van der Waals surface area (Å²) in [4.78, 5) is 0. The zero-order valence-electron chi connectivity index (χ0n) is 9.80. The van der Waals surface area contributed by atoms with Crippen molar-refractivity contribution in [2.45, 2.75) is 26.2 Å². The molecule has 0 aromatic heterocycles. The van der Waals surface area contributed by atoms with Crippen molar-refractivity contribution >= 4 is 39.9 Å². The van der Waals surface area contributed by atoms with Gasteiger partial charge in [0, 0.05) is 15.1 Å². The fourth-order valence-corrected chi connectivity index (χ4v) is 1.66. The van der Waals surface area contributed by atoms with Gasteiger partial charge in [-0.25, -0.2) is 0 Å². The third kappa shape index (κ3) is 7.17. The van der Waals surface area contributed by atoms with E-state index in [-0.39, 0.29) is 0 Å². The average molecular weight is 356 g/mol. The van der Waals surface area contributed by atoms with Crippen molar-refractivity contribution in [3.8, 4) is 5.75 Å². The van der Waals surface area contributed by atoms with Gasteiger partial charge in [-0.1, -0.05) is 19.8 Å². The van der Waals surface area contributed by atoms with Gasteiger partial charge >= 0.3 is 0 Å². The van der Waals surface area contributed by atoms with Crippen LogP contribution in [0.25, 0.3) is 0 Å². The van der Waals surface area contributed by atoms with E-state index in [0.29, 0.717) is 0 Å². The summed E-state index contributed by atoms with van der Waals surface area (Å²) < 4.78 is 6.01. The Bertz CT molecular complexity index is 290. The van der Waals surface area contributed by atoms with Crippen LogP contribution in [0.2, 0.25) is 0 Å². The Morgan fingerprint density at radius 2 is 2.06 bits per heavy atom. The van der Waals surface area contributed by atoms with Crippen molar-refractivity contribution in [1.29, 1.82) is 0 Å². The average Bonchev–Trinajstić information content (AvgIpc) is 2.31. The first-order valence-corrected chi connectivity index (χ1v) is 6.92. The van der Waals surface area contributed by atoms with Crippen molar-refractivity contribution in [1.82, 2.24) is 0 Å². The number of alkyl halides is 1. The molecule has 0 unspecified atom stereocenters. The summed E-state index contributed by atoms with van der Waals surface area (Å²) in [6, 6.07) is 5.58. The fourth-order valence-electron chi connectivity index (χ4n) is 0.979. The number of benzene rings is 1. The number of hydrogen-bond donors (Lipinski definition) is 1. The molecule has 0 spiro atoms. The summed E-state index contributed by atoms with van der Waals surface area (Å²) in [6.07, 6.45) is 3.73. The number of nitrogens with two attached hydrogens (primary N) is 1. The van der Waals surface area contributed by atoms with Crippen molar-refractivity contribution < 1.29 is 4.74 Å². The lowest BCUT2D eigenvalue weighted by molar-refractivity contribution is 0.414. The second-order valence-corrected chi connectivity index (χ2v) is 4.82. The molecule has 0 atom stereocenters. The molecule has 0 saturated carbocycles. The quantitative estimate of drug-likeness (QED) is 0.378. The number of rotatable bonds is 4. The SMILES string of the molecule is CCCCCCl.COc1ccc(N)c(I)c1. The van der Waals surface area contributed by atoms with Crippen molar-refractivity contribution in [3.63, 3.8) is 0 Å². The third-order valence-electron chi connectivity index (χ3n) is 1.94. The molecule has 2 nitrogen and oxygen atoms in total. The smallest absolute Gasteiger partial charge is 0.120 e. The lowest BCUT2D eigenvalue weighted by Crippen LogP contribution is -1.89. The molecule has 1 aromatic carbocycles. The minimum Gasteiger partial charge on any atom is -0.497 e. The van der Waals surface area contributed by atoms with Crippen LogP contribution in [0.4, 0.5) is 5.69 Å². The predicted molar refractivity (Wildman–Crippen MR) is 80.4 cm³/mol. The molecule has 0 amide bonds. The molecule has 0 aliphatic carbocycles. The van der Waals surface area contributed by atoms with Gasteiger partial charge in [0.1, 0.15) is 5.75 Å². The topological polar surface area (TPSA) is 35.2 Å². The van der Waals surface area contributed by atoms with Crippen LogP contribution in [0.15, 0.2) is 18.2 Å². The van der Waals surface area contributed by atoms with E-state index >= 15 is 0 Å². The molecular weight excluding hydrogens is 336 g/mol. The Balaban J connectivity index is 0.000000325. The van der Waals surface area contributed by atoms with Gasteiger partial charge < -0.3 is 10.5 Å². The first kappa shape index (κ1) is 15.8. The minimum atomic E-state index is 0.793. The summed E-state index contributed by atoms with van der Waals surface area (Å²) in [5, 5.41) is 0. The second kappa shape index (κ2) is 10.0. The number of ether oxygens (including phenoxy) is 1. The van der Waals surface area contributed by atoms with Gasteiger partial charge in [-0.15, -0.1) is 11.6 Å². The summed E-state index contributed by atoms with van der Waals surface area (Å²) in [7, 11) is 1.64. The lowest BCUT2D eigenvalue weighted by atomic mass is 10.3. The zero-order valence-corrected chi connectivity index (χ0v) is 12.7. The molecule has 0 heterocycles. The highest BCUT2D eigenvalue weighted by Gasteiger charge is 1.95.